The van der Waals surface area contributed by atoms with Crippen LogP contribution in [0.15, 0.2) is 35.8 Å². The van der Waals surface area contributed by atoms with Gasteiger partial charge in [0.2, 0.25) is 0 Å². The second-order valence-corrected chi connectivity index (χ2v) is 7.45. The number of thiazole rings is 1. The maximum Gasteiger partial charge on any atom is 0.272 e. The Balaban J connectivity index is 1.71. The molecule has 0 saturated carbocycles. The molecule has 3 aromatic rings. The second kappa shape index (κ2) is 6.78. The molecule has 1 aliphatic heterocycles. The number of aliphatic hydroxyl groups excluding tert-OH is 1. The quantitative estimate of drug-likeness (QED) is 0.759. The van der Waals surface area contributed by atoms with Crippen LogP contribution in [-0.2, 0) is 0 Å². The molecule has 1 amide bonds. The number of aromatic nitrogens is 2. The Hall–Kier alpha value is -1.89. The molecule has 130 valence electrons. The molecule has 1 atom stereocenters. The maximum absolute atomic E-state index is 13.0. The van der Waals surface area contributed by atoms with Gasteiger partial charge in [-0.15, -0.1) is 11.3 Å². The molecular formula is C18H18ClN3O2S. The SMILES string of the molecule is O=C(c1csc2nc(-c3ccccc3Cl)cn12)N1CCCC[C@@H]1CO. The van der Waals surface area contributed by atoms with Gasteiger partial charge in [0.05, 0.1) is 23.4 Å². The van der Waals surface area contributed by atoms with Gasteiger partial charge in [-0.1, -0.05) is 29.8 Å². The van der Waals surface area contributed by atoms with Crippen molar-refractivity contribution in [2.75, 3.05) is 13.2 Å². The van der Waals surface area contributed by atoms with Crippen molar-refractivity contribution >= 4 is 33.8 Å². The summed E-state index contributed by atoms with van der Waals surface area (Å²) in [4.78, 5) is 20.2. The zero-order valence-corrected chi connectivity index (χ0v) is 15.1. The summed E-state index contributed by atoms with van der Waals surface area (Å²) in [6.45, 7) is 0.696. The molecule has 5 nitrogen and oxygen atoms in total. The molecule has 1 aromatic carbocycles. The van der Waals surface area contributed by atoms with Gasteiger partial charge >= 0.3 is 0 Å². The highest BCUT2D eigenvalue weighted by atomic mass is 35.5. The highest BCUT2D eigenvalue weighted by molar-refractivity contribution is 7.15. The van der Waals surface area contributed by atoms with Crippen molar-refractivity contribution in [2.24, 2.45) is 0 Å². The van der Waals surface area contributed by atoms with Crippen molar-refractivity contribution in [3.63, 3.8) is 0 Å². The highest BCUT2D eigenvalue weighted by Crippen LogP contribution is 2.30. The zero-order valence-electron chi connectivity index (χ0n) is 13.6. The Morgan fingerprint density at radius 2 is 2.20 bits per heavy atom. The minimum absolute atomic E-state index is 0.00776. The average molecular weight is 376 g/mol. The van der Waals surface area contributed by atoms with Gasteiger partial charge in [0, 0.05) is 23.7 Å². The zero-order chi connectivity index (χ0) is 17.4. The highest BCUT2D eigenvalue weighted by Gasteiger charge is 2.29. The van der Waals surface area contributed by atoms with Crippen LogP contribution in [0.25, 0.3) is 16.2 Å². The smallest absolute Gasteiger partial charge is 0.272 e. The molecule has 1 fully saturated rings. The van der Waals surface area contributed by atoms with E-state index in [2.05, 4.69) is 4.98 Å². The van der Waals surface area contributed by atoms with E-state index in [9.17, 15) is 9.90 Å². The topological polar surface area (TPSA) is 57.8 Å². The van der Waals surface area contributed by atoms with E-state index in [4.69, 9.17) is 11.6 Å². The predicted molar refractivity (Wildman–Crippen MR) is 99.3 cm³/mol. The van der Waals surface area contributed by atoms with Crippen LogP contribution in [0.2, 0.25) is 5.02 Å². The van der Waals surface area contributed by atoms with E-state index < -0.39 is 0 Å². The number of halogens is 1. The number of nitrogens with zero attached hydrogens (tertiary/aromatic N) is 3. The molecule has 0 spiro atoms. The van der Waals surface area contributed by atoms with Gasteiger partial charge in [-0.3, -0.25) is 9.20 Å². The fourth-order valence-electron chi connectivity index (χ4n) is 3.34. The van der Waals surface area contributed by atoms with Gasteiger partial charge in [0.15, 0.2) is 4.96 Å². The van der Waals surface area contributed by atoms with Gasteiger partial charge in [-0.25, -0.2) is 4.98 Å². The first-order valence-electron chi connectivity index (χ1n) is 8.32. The number of hydrogen-bond acceptors (Lipinski definition) is 4. The van der Waals surface area contributed by atoms with Gasteiger partial charge < -0.3 is 10.0 Å². The van der Waals surface area contributed by atoms with Gasteiger partial charge in [0.25, 0.3) is 5.91 Å². The summed E-state index contributed by atoms with van der Waals surface area (Å²) in [5.74, 6) is -0.0480. The summed E-state index contributed by atoms with van der Waals surface area (Å²) in [6.07, 6.45) is 4.74. The lowest BCUT2D eigenvalue weighted by Crippen LogP contribution is -2.45. The second-order valence-electron chi connectivity index (χ2n) is 6.21. The number of imidazole rings is 1. The molecule has 25 heavy (non-hydrogen) atoms. The number of benzene rings is 1. The third-order valence-electron chi connectivity index (χ3n) is 4.68. The number of piperidine rings is 1. The van der Waals surface area contributed by atoms with Crippen LogP contribution >= 0.6 is 22.9 Å². The number of hydrogen-bond donors (Lipinski definition) is 1. The number of carbonyl (C=O) groups is 1. The largest absolute Gasteiger partial charge is 0.394 e. The lowest BCUT2D eigenvalue weighted by atomic mass is 10.0. The van der Waals surface area contributed by atoms with Crippen LogP contribution in [0.5, 0.6) is 0 Å². The summed E-state index contributed by atoms with van der Waals surface area (Å²) in [7, 11) is 0. The number of carbonyl (C=O) groups excluding carboxylic acids is 1. The predicted octanol–water partition coefficient (Wildman–Crippen LogP) is 3.70. The summed E-state index contributed by atoms with van der Waals surface area (Å²) in [6, 6.07) is 7.45. The number of aliphatic hydroxyl groups is 1. The Kier molecular flexibility index (Phi) is 4.50. The van der Waals surface area contributed by atoms with E-state index in [1.807, 2.05) is 40.2 Å². The van der Waals surface area contributed by atoms with E-state index in [-0.39, 0.29) is 18.6 Å². The summed E-state index contributed by atoms with van der Waals surface area (Å²) in [5.41, 5.74) is 2.19. The molecular weight excluding hydrogens is 358 g/mol. The van der Waals surface area contributed by atoms with E-state index >= 15 is 0 Å². The van der Waals surface area contributed by atoms with E-state index in [1.165, 1.54) is 11.3 Å². The standard InChI is InChI=1S/C18H18ClN3O2S/c19-14-7-2-1-6-13(14)15-9-22-16(11-25-18(22)20-15)17(24)21-8-4-3-5-12(21)10-23/h1-2,6-7,9,11-12,23H,3-5,8,10H2/t12-/m1/s1. The third kappa shape index (κ3) is 2.94. The normalized spacial score (nSPS) is 18.0. The molecule has 2 aromatic heterocycles. The van der Waals surface area contributed by atoms with Crippen LogP contribution in [0.4, 0.5) is 0 Å². The molecule has 1 N–H and O–H groups in total. The molecule has 0 unspecified atom stereocenters. The monoisotopic (exact) mass is 375 g/mol. The number of rotatable bonds is 3. The van der Waals surface area contributed by atoms with Crippen molar-refractivity contribution in [1.29, 1.82) is 0 Å². The molecule has 4 rings (SSSR count). The number of amides is 1. The molecule has 3 heterocycles. The molecule has 0 radical (unpaired) electrons. The van der Waals surface area contributed by atoms with E-state index in [0.29, 0.717) is 17.3 Å². The lowest BCUT2D eigenvalue weighted by Gasteiger charge is -2.34. The Morgan fingerprint density at radius 3 is 3.00 bits per heavy atom. The molecule has 1 saturated heterocycles. The van der Waals surface area contributed by atoms with Crippen LogP contribution in [0.1, 0.15) is 29.8 Å². The Morgan fingerprint density at radius 1 is 1.36 bits per heavy atom. The van der Waals surface area contributed by atoms with Crippen LogP contribution in [0.3, 0.4) is 0 Å². The molecule has 7 heteroatoms. The Bertz CT molecular complexity index is 920. The van der Waals surface area contributed by atoms with Crippen LogP contribution < -0.4 is 0 Å². The summed E-state index contributed by atoms with van der Waals surface area (Å²) >= 11 is 7.70. The lowest BCUT2D eigenvalue weighted by molar-refractivity contribution is 0.0496. The fourth-order valence-corrected chi connectivity index (χ4v) is 4.42. The van der Waals surface area contributed by atoms with Gasteiger partial charge in [-0.05, 0) is 25.3 Å². The first kappa shape index (κ1) is 16.6. The minimum Gasteiger partial charge on any atom is -0.394 e. The molecule has 1 aliphatic rings. The van der Waals surface area contributed by atoms with Crippen molar-refractivity contribution < 1.29 is 9.90 Å². The third-order valence-corrected chi connectivity index (χ3v) is 5.85. The minimum atomic E-state index is -0.0947. The fraction of sp³-hybridized carbons (Fsp3) is 0.333. The summed E-state index contributed by atoms with van der Waals surface area (Å²) < 4.78 is 1.83. The van der Waals surface area contributed by atoms with Crippen molar-refractivity contribution in [3.8, 4) is 11.3 Å². The van der Waals surface area contributed by atoms with Crippen molar-refractivity contribution in [3.05, 3.63) is 46.6 Å². The Labute approximate surface area is 154 Å². The molecule has 0 bridgehead atoms. The summed E-state index contributed by atoms with van der Waals surface area (Å²) in [5, 5.41) is 12.1. The first-order chi connectivity index (χ1) is 12.2. The molecule has 0 aliphatic carbocycles. The maximum atomic E-state index is 13.0. The van der Waals surface area contributed by atoms with Crippen molar-refractivity contribution in [1.82, 2.24) is 14.3 Å². The van der Waals surface area contributed by atoms with Gasteiger partial charge in [0.1, 0.15) is 5.69 Å². The van der Waals surface area contributed by atoms with Crippen molar-refractivity contribution in [2.45, 2.75) is 25.3 Å². The van der Waals surface area contributed by atoms with Gasteiger partial charge in [-0.2, -0.15) is 0 Å². The van der Waals surface area contributed by atoms with Crippen LogP contribution in [-0.4, -0.2) is 44.5 Å². The van der Waals surface area contributed by atoms with Crippen LogP contribution in [0, 0.1) is 0 Å². The first-order valence-corrected chi connectivity index (χ1v) is 9.58. The van der Waals surface area contributed by atoms with E-state index in [0.717, 1.165) is 35.5 Å². The number of fused-ring (bicyclic) bond motifs is 1. The number of likely N-dealkylation sites (tertiary alicyclic amines) is 1. The average Bonchev–Trinajstić information content (AvgIpc) is 3.22. The van der Waals surface area contributed by atoms with E-state index in [1.54, 1.807) is 4.90 Å².